The molecular formula is C17H14F4N2O3. The summed E-state index contributed by atoms with van der Waals surface area (Å²) >= 11 is 0. The maximum Gasteiger partial charge on any atom is 0.402 e. The van der Waals surface area contributed by atoms with Crippen LogP contribution >= 0.6 is 0 Å². The average molecular weight is 370 g/mol. The zero-order valence-corrected chi connectivity index (χ0v) is 13.3. The smallest absolute Gasteiger partial charge is 0.351 e. The summed E-state index contributed by atoms with van der Waals surface area (Å²) in [5, 5.41) is 2.70. The van der Waals surface area contributed by atoms with E-state index >= 15 is 0 Å². The lowest BCUT2D eigenvalue weighted by Gasteiger charge is -2.42. The second kappa shape index (κ2) is 5.82. The van der Waals surface area contributed by atoms with E-state index in [2.05, 4.69) is 10.3 Å². The fourth-order valence-electron chi connectivity index (χ4n) is 3.63. The molecule has 4 rings (SSSR count). The molecule has 1 saturated heterocycles. The summed E-state index contributed by atoms with van der Waals surface area (Å²) in [5.41, 5.74) is -4.13. The predicted molar refractivity (Wildman–Crippen MR) is 83.9 cm³/mol. The minimum Gasteiger partial charge on any atom is -0.351 e. The molecule has 2 aliphatic rings. The van der Waals surface area contributed by atoms with E-state index in [0.29, 0.717) is 0 Å². The summed E-state index contributed by atoms with van der Waals surface area (Å²) in [6.45, 7) is 0.351. The number of benzene rings is 1. The van der Waals surface area contributed by atoms with Crippen LogP contribution in [0.3, 0.4) is 0 Å². The van der Waals surface area contributed by atoms with Crippen molar-refractivity contribution in [3.8, 4) is 0 Å². The third-order valence-electron chi connectivity index (χ3n) is 4.77. The molecule has 1 aromatic carbocycles. The molecule has 1 atom stereocenters. The number of H-pyrrole nitrogens is 1. The van der Waals surface area contributed by atoms with Gasteiger partial charge >= 0.3 is 6.18 Å². The highest BCUT2D eigenvalue weighted by Gasteiger charge is 2.61. The van der Waals surface area contributed by atoms with Crippen LogP contribution in [0.4, 0.5) is 28.9 Å². The third-order valence-corrected chi connectivity index (χ3v) is 4.77. The molecule has 138 valence electrons. The van der Waals surface area contributed by atoms with Crippen LogP contribution in [0.15, 0.2) is 35.3 Å². The molecule has 1 unspecified atom stereocenters. The Hall–Kier alpha value is -2.39. The molecule has 0 saturated carbocycles. The van der Waals surface area contributed by atoms with Gasteiger partial charge in [-0.15, -0.1) is 0 Å². The van der Waals surface area contributed by atoms with Crippen molar-refractivity contribution in [1.82, 2.24) is 4.98 Å². The standard InChI is InChI=1S/C17H14F4N2O3/c18-9-1-2-12-11(7-9)16(17(19,20)21,8-13-25-5-6-26-13)10-3-4-22-15(24)14(10)23-12/h1-4,7,13,23H,5-6,8H2,(H,22,24). The van der Waals surface area contributed by atoms with Crippen LogP contribution in [0.1, 0.15) is 17.5 Å². The molecule has 9 heteroatoms. The van der Waals surface area contributed by atoms with Gasteiger partial charge in [-0.3, -0.25) is 4.79 Å². The number of hydrogen-bond donors (Lipinski definition) is 2. The predicted octanol–water partition coefficient (Wildman–Crippen LogP) is 3.18. The fourth-order valence-corrected chi connectivity index (χ4v) is 3.63. The summed E-state index contributed by atoms with van der Waals surface area (Å²) in [6, 6.07) is 4.25. The van der Waals surface area contributed by atoms with Gasteiger partial charge in [0.1, 0.15) is 16.9 Å². The Morgan fingerprint density at radius 2 is 1.88 bits per heavy atom. The Labute approximate surface area is 144 Å². The van der Waals surface area contributed by atoms with E-state index in [0.717, 1.165) is 18.3 Å². The Kier molecular flexibility index (Phi) is 3.81. The lowest BCUT2D eigenvalue weighted by atomic mass is 9.68. The van der Waals surface area contributed by atoms with Crippen molar-refractivity contribution in [1.29, 1.82) is 0 Å². The molecule has 0 aliphatic carbocycles. The number of rotatable bonds is 2. The molecule has 2 aromatic rings. The second-order valence-electron chi connectivity index (χ2n) is 6.19. The number of pyridine rings is 1. The molecular weight excluding hydrogens is 356 g/mol. The number of fused-ring (bicyclic) bond motifs is 2. The van der Waals surface area contributed by atoms with Gasteiger partial charge in [-0.1, -0.05) is 0 Å². The number of anilines is 2. The van der Waals surface area contributed by atoms with Crippen LogP contribution < -0.4 is 10.9 Å². The van der Waals surface area contributed by atoms with Crippen molar-refractivity contribution in [3.63, 3.8) is 0 Å². The van der Waals surface area contributed by atoms with E-state index in [4.69, 9.17) is 9.47 Å². The van der Waals surface area contributed by atoms with Gasteiger partial charge in [-0.2, -0.15) is 13.2 Å². The largest absolute Gasteiger partial charge is 0.402 e. The van der Waals surface area contributed by atoms with Gasteiger partial charge in [0.05, 0.1) is 13.2 Å². The molecule has 0 amide bonds. The number of ether oxygens (including phenoxy) is 2. The molecule has 5 nitrogen and oxygen atoms in total. The lowest BCUT2D eigenvalue weighted by molar-refractivity contribution is -0.197. The normalized spacial score (nSPS) is 22.6. The molecule has 1 aromatic heterocycles. The number of aromatic amines is 1. The second-order valence-corrected chi connectivity index (χ2v) is 6.19. The van der Waals surface area contributed by atoms with Crippen molar-refractivity contribution in [2.24, 2.45) is 0 Å². The van der Waals surface area contributed by atoms with Gasteiger partial charge in [0.15, 0.2) is 6.29 Å². The minimum absolute atomic E-state index is 0.0194. The Balaban J connectivity index is 2.03. The first-order valence-electron chi connectivity index (χ1n) is 7.92. The quantitative estimate of drug-likeness (QED) is 0.797. The zero-order chi connectivity index (χ0) is 18.5. The van der Waals surface area contributed by atoms with Crippen molar-refractivity contribution in [3.05, 3.63) is 57.8 Å². The number of nitrogens with one attached hydrogen (secondary N) is 2. The van der Waals surface area contributed by atoms with Crippen LogP contribution in [0.5, 0.6) is 0 Å². The molecule has 2 aliphatic heterocycles. The highest BCUT2D eigenvalue weighted by atomic mass is 19.4. The highest BCUT2D eigenvalue weighted by Crippen LogP contribution is 2.56. The molecule has 0 spiro atoms. The first kappa shape index (κ1) is 17.0. The van der Waals surface area contributed by atoms with Crippen LogP contribution in [0.25, 0.3) is 0 Å². The van der Waals surface area contributed by atoms with Gasteiger partial charge in [-0.25, -0.2) is 4.39 Å². The maximum atomic E-state index is 14.5. The topological polar surface area (TPSA) is 63.4 Å². The summed E-state index contributed by atoms with van der Waals surface area (Å²) in [6.07, 6.45) is -5.41. The van der Waals surface area contributed by atoms with Gasteiger partial charge in [0, 0.05) is 23.9 Å². The van der Waals surface area contributed by atoms with E-state index in [-0.39, 0.29) is 35.7 Å². The van der Waals surface area contributed by atoms with E-state index in [1.807, 2.05) is 0 Å². The Bertz CT molecular complexity index is 906. The molecule has 26 heavy (non-hydrogen) atoms. The van der Waals surface area contributed by atoms with Crippen LogP contribution in [0, 0.1) is 5.82 Å². The van der Waals surface area contributed by atoms with E-state index in [1.165, 1.54) is 12.1 Å². The van der Waals surface area contributed by atoms with Crippen molar-refractivity contribution < 1.29 is 27.0 Å². The number of halogens is 4. The van der Waals surface area contributed by atoms with Gasteiger partial charge in [-0.05, 0) is 29.8 Å². The monoisotopic (exact) mass is 370 g/mol. The van der Waals surface area contributed by atoms with E-state index < -0.39 is 35.7 Å². The van der Waals surface area contributed by atoms with E-state index in [1.54, 1.807) is 0 Å². The summed E-state index contributed by atoms with van der Waals surface area (Å²) in [7, 11) is 0. The summed E-state index contributed by atoms with van der Waals surface area (Å²) in [5.74, 6) is -0.805. The first-order valence-corrected chi connectivity index (χ1v) is 7.92. The fraction of sp³-hybridized carbons (Fsp3) is 0.353. The molecule has 0 radical (unpaired) electrons. The Morgan fingerprint density at radius 3 is 2.58 bits per heavy atom. The van der Waals surface area contributed by atoms with Gasteiger partial charge in [0.2, 0.25) is 0 Å². The molecule has 1 fully saturated rings. The maximum absolute atomic E-state index is 14.5. The molecule has 2 N–H and O–H groups in total. The van der Waals surface area contributed by atoms with Gasteiger partial charge < -0.3 is 19.8 Å². The van der Waals surface area contributed by atoms with Gasteiger partial charge in [0.25, 0.3) is 5.56 Å². The van der Waals surface area contributed by atoms with E-state index in [9.17, 15) is 22.4 Å². The summed E-state index contributed by atoms with van der Waals surface area (Å²) < 4.78 is 67.8. The third kappa shape index (κ3) is 2.42. The number of aromatic nitrogens is 1. The zero-order valence-electron chi connectivity index (χ0n) is 13.3. The SMILES string of the molecule is O=c1[nH]ccc2c1Nc1ccc(F)cc1C2(CC1OCCO1)C(F)(F)F. The number of hydrogen-bond acceptors (Lipinski definition) is 4. The Morgan fingerprint density at radius 1 is 1.15 bits per heavy atom. The number of alkyl halides is 3. The first-order chi connectivity index (χ1) is 12.3. The minimum atomic E-state index is -4.82. The molecule has 3 heterocycles. The summed E-state index contributed by atoms with van der Waals surface area (Å²) in [4.78, 5) is 14.5. The lowest BCUT2D eigenvalue weighted by Crippen LogP contribution is -2.49. The van der Waals surface area contributed by atoms with Crippen molar-refractivity contribution >= 4 is 11.4 Å². The van der Waals surface area contributed by atoms with Crippen LogP contribution in [-0.2, 0) is 14.9 Å². The highest BCUT2D eigenvalue weighted by molar-refractivity contribution is 5.76. The van der Waals surface area contributed by atoms with Crippen molar-refractivity contribution in [2.45, 2.75) is 24.3 Å². The molecule has 0 bridgehead atoms. The average Bonchev–Trinajstić information content (AvgIpc) is 3.08. The van der Waals surface area contributed by atoms with Crippen molar-refractivity contribution in [2.75, 3.05) is 18.5 Å². The van der Waals surface area contributed by atoms with Crippen LogP contribution in [-0.4, -0.2) is 30.7 Å². The van der Waals surface area contributed by atoms with Crippen LogP contribution in [0.2, 0.25) is 0 Å².